The second-order valence-electron chi connectivity index (χ2n) is 3.66. The molecule has 0 saturated carbocycles. The fourth-order valence-corrected chi connectivity index (χ4v) is 0.899. The van der Waals surface area contributed by atoms with Crippen molar-refractivity contribution in [3.63, 3.8) is 0 Å². The number of hydrogen-bond acceptors (Lipinski definition) is 4. The van der Waals surface area contributed by atoms with Crippen molar-refractivity contribution < 1.29 is 19.2 Å². The van der Waals surface area contributed by atoms with Gasteiger partial charge in [-0.25, -0.2) is 0 Å². The Labute approximate surface area is 116 Å². The van der Waals surface area contributed by atoms with E-state index in [2.05, 4.69) is 0 Å². The van der Waals surface area contributed by atoms with Crippen LogP contribution in [-0.2, 0) is 19.2 Å². The molecule has 0 aliphatic heterocycles. The molecule has 0 aromatic carbocycles. The van der Waals surface area contributed by atoms with Gasteiger partial charge in [-0.05, 0) is 12.8 Å². The highest BCUT2D eigenvalue weighted by atomic mass is 16.2. The van der Waals surface area contributed by atoms with Crippen LogP contribution in [0.1, 0.15) is 25.7 Å². The summed E-state index contributed by atoms with van der Waals surface area (Å²) in [5, 5.41) is 0. The van der Waals surface area contributed by atoms with Gasteiger partial charge in [-0.15, -0.1) is 0 Å². The minimum absolute atomic E-state index is 0.329. The van der Waals surface area contributed by atoms with Crippen LogP contribution >= 0.6 is 0 Å². The van der Waals surface area contributed by atoms with Crippen molar-refractivity contribution >= 4 is 23.6 Å². The first-order valence-corrected chi connectivity index (χ1v) is 5.76. The molecule has 8 N–H and O–H groups in total. The summed E-state index contributed by atoms with van der Waals surface area (Å²) in [6.45, 7) is 0. The molecule has 0 unspecified atom stereocenters. The highest BCUT2D eigenvalue weighted by molar-refractivity contribution is 5.88. The Hall–Kier alpha value is -2.64. The van der Waals surface area contributed by atoms with Crippen LogP contribution in [0.2, 0.25) is 0 Å². The first-order valence-electron chi connectivity index (χ1n) is 5.76. The lowest BCUT2D eigenvalue weighted by atomic mass is 10.2. The molecule has 4 amide bonds. The van der Waals surface area contributed by atoms with Crippen LogP contribution in [-0.4, -0.2) is 23.6 Å². The smallest absolute Gasteiger partial charge is 0.241 e. The monoisotopic (exact) mass is 284 g/mol. The standard InChI is InChI=1S/C6H12N2O2.C6H8N2O2/c2*7-5(9)3-1-2-4-6(8)10/h1-4H2,(H2,7,9)(H2,8,10);1-4H,(H2,7,9)(H2,8,10)/b;3-1+,4-2+. The fourth-order valence-electron chi connectivity index (χ4n) is 0.899. The minimum atomic E-state index is -0.561. The number of amides is 4. The van der Waals surface area contributed by atoms with Crippen molar-refractivity contribution in [2.45, 2.75) is 25.7 Å². The Bertz CT molecular complexity index is 364. The van der Waals surface area contributed by atoms with Gasteiger partial charge in [0.15, 0.2) is 0 Å². The third-order valence-electron chi connectivity index (χ3n) is 1.73. The van der Waals surface area contributed by atoms with Gasteiger partial charge in [0.1, 0.15) is 0 Å². The molecule has 0 saturated heterocycles. The zero-order valence-corrected chi connectivity index (χ0v) is 11.1. The molecular weight excluding hydrogens is 264 g/mol. The molecule has 0 rings (SSSR count). The van der Waals surface area contributed by atoms with Gasteiger partial charge in [-0.2, -0.15) is 0 Å². The Kier molecular flexibility index (Phi) is 12.6. The number of carbonyl (C=O) groups is 4. The predicted molar refractivity (Wildman–Crippen MR) is 73.5 cm³/mol. The number of hydrogen-bond donors (Lipinski definition) is 4. The zero-order valence-electron chi connectivity index (χ0n) is 11.1. The van der Waals surface area contributed by atoms with Gasteiger partial charge in [0.25, 0.3) is 0 Å². The van der Waals surface area contributed by atoms with E-state index in [-0.39, 0.29) is 11.8 Å². The van der Waals surface area contributed by atoms with Gasteiger partial charge in [0.2, 0.25) is 23.6 Å². The van der Waals surface area contributed by atoms with Crippen molar-refractivity contribution in [2.75, 3.05) is 0 Å². The van der Waals surface area contributed by atoms with Crippen LogP contribution in [0.25, 0.3) is 0 Å². The van der Waals surface area contributed by atoms with Crippen molar-refractivity contribution in [3.05, 3.63) is 24.3 Å². The van der Waals surface area contributed by atoms with E-state index in [4.69, 9.17) is 22.9 Å². The van der Waals surface area contributed by atoms with E-state index in [0.717, 1.165) is 12.2 Å². The zero-order chi connectivity index (χ0) is 16.0. The molecule has 20 heavy (non-hydrogen) atoms. The molecule has 8 heteroatoms. The van der Waals surface area contributed by atoms with E-state index in [9.17, 15) is 19.2 Å². The maximum absolute atomic E-state index is 10.2. The van der Waals surface area contributed by atoms with Crippen LogP contribution in [0.3, 0.4) is 0 Å². The molecule has 0 atom stereocenters. The first-order chi connectivity index (χ1) is 9.25. The van der Waals surface area contributed by atoms with Crippen molar-refractivity contribution in [1.82, 2.24) is 0 Å². The van der Waals surface area contributed by atoms with E-state index in [1.807, 2.05) is 0 Å². The van der Waals surface area contributed by atoms with E-state index in [1.54, 1.807) is 0 Å². The van der Waals surface area contributed by atoms with Gasteiger partial charge < -0.3 is 22.9 Å². The van der Waals surface area contributed by atoms with Crippen LogP contribution in [0.4, 0.5) is 0 Å². The van der Waals surface area contributed by atoms with Crippen molar-refractivity contribution in [1.29, 1.82) is 0 Å². The molecule has 0 aromatic heterocycles. The molecular formula is C12H20N4O4. The van der Waals surface area contributed by atoms with Crippen molar-refractivity contribution in [3.8, 4) is 0 Å². The molecule has 112 valence electrons. The quantitative estimate of drug-likeness (QED) is 0.243. The van der Waals surface area contributed by atoms with Crippen LogP contribution < -0.4 is 22.9 Å². The number of carbonyl (C=O) groups excluding carboxylic acids is 4. The van der Waals surface area contributed by atoms with Gasteiger partial charge in [0, 0.05) is 25.0 Å². The molecule has 0 bridgehead atoms. The molecule has 8 nitrogen and oxygen atoms in total. The topological polar surface area (TPSA) is 172 Å². The maximum Gasteiger partial charge on any atom is 0.241 e. The SMILES string of the molecule is NC(=O)/C=C/C=C/C(N)=O.NC(=O)CCCCC(N)=O. The minimum Gasteiger partial charge on any atom is -0.370 e. The Morgan fingerprint density at radius 3 is 1.15 bits per heavy atom. The first kappa shape index (κ1) is 19.7. The van der Waals surface area contributed by atoms with Crippen LogP contribution in [0, 0.1) is 0 Å². The summed E-state index contributed by atoms with van der Waals surface area (Å²) in [5.74, 6) is -1.78. The fraction of sp³-hybridized carbons (Fsp3) is 0.333. The summed E-state index contributed by atoms with van der Waals surface area (Å²) in [6, 6.07) is 0. The Morgan fingerprint density at radius 1 is 0.650 bits per heavy atom. The van der Waals surface area contributed by atoms with Crippen molar-refractivity contribution in [2.24, 2.45) is 22.9 Å². The van der Waals surface area contributed by atoms with Gasteiger partial charge in [-0.3, -0.25) is 19.2 Å². The third kappa shape index (κ3) is 24.5. The summed E-state index contributed by atoms with van der Waals surface area (Å²) in [7, 11) is 0. The summed E-state index contributed by atoms with van der Waals surface area (Å²) in [6.07, 6.45) is 6.91. The second-order valence-corrected chi connectivity index (χ2v) is 3.66. The molecule has 0 heterocycles. The second kappa shape index (κ2) is 12.8. The lowest BCUT2D eigenvalue weighted by Gasteiger charge is -1.93. The van der Waals surface area contributed by atoms with E-state index in [1.165, 1.54) is 12.2 Å². The normalized spacial score (nSPS) is 10.0. The van der Waals surface area contributed by atoms with E-state index >= 15 is 0 Å². The highest BCUT2D eigenvalue weighted by Gasteiger charge is 1.96. The largest absolute Gasteiger partial charge is 0.370 e. The molecule has 0 fully saturated rings. The molecule has 0 aromatic rings. The summed E-state index contributed by atoms with van der Waals surface area (Å²) in [5.41, 5.74) is 19.2. The summed E-state index contributed by atoms with van der Waals surface area (Å²) < 4.78 is 0. The molecule has 0 aliphatic carbocycles. The average molecular weight is 284 g/mol. The lowest BCUT2D eigenvalue weighted by molar-refractivity contribution is -0.119. The lowest BCUT2D eigenvalue weighted by Crippen LogP contribution is -2.12. The number of nitrogens with two attached hydrogens (primary N) is 4. The molecule has 0 radical (unpaired) electrons. The van der Waals surface area contributed by atoms with Crippen LogP contribution in [0.5, 0.6) is 0 Å². The molecule has 0 spiro atoms. The van der Waals surface area contributed by atoms with Gasteiger partial charge in [-0.1, -0.05) is 12.2 Å². The number of unbranched alkanes of at least 4 members (excludes halogenated alkanes) is 1. The summed E-state index contributed by atoms with van der Waals surface area (Å²) >= 11 is 0. The highest BCUT2D eigenvalue weighted by Crippen LogP contribution is 1.97. The summed E-state index contributed by atoms with van der Waals surface area (Å²) in [4.78, 5) is 40.4. The Balaban J connectivity index is 0. The third-order valence-corrected chi connectivity index (χ3v) is 1.73. The van der Waals surface area contributed by atoms with Gasteiger partial charge in [0.05, 0.1) is 0 Å². The molecule has 0 aliphatic rings. The maximum atomic E-state index is 10.2. The Morgan fingerprint density at radius 2 is 0.950 bits per heavy atom. The number of allylic oxidation sites excluding steroid dienone is 2. The van der Waals surface area contributed by atoms with Gasteiger partial charge >= 0.3 is 0 Å². The average Bonchev–Trinajstić information content (AvgIpc) is 2.30. The number of primary amides is 4. The predicted octanol–water partition coefficient (Wildman–Crippen LogP) is -1.41. The number of rotatable bonds is 8. The van der Waals surface area contributed by atoms with E-state index < -0.39 is 11.8 Å². The van der Waals surface area contributed by atoms with E-state index in [0.29, 0.717) is 25.7 Å². The van der Waals surface area contributed by atoms with Crippen LogP contribution in [0.15, 0.2) is 24.3 Å².